The average molecular weight is 428 g/mol. The second kappa shape index (κ2) is 10.6. The number of phenolic OH excluding ortho intramolecular Hbond substituents is 1. The van der Waals surface area contributed by atoms with Crippen LogP contribution in [0.4, 0.5) is 13.2 Å². The van der Waals surface area contributed by atoms with Crippen LogP contribution in [0.25, 0.3) is 0 Å². The summed E-state index contributed by atoms with van der Waals surface area (Å²) in [7, 11) is -3.76. The SMILES string of the molecule is Cc1cc(S(=O)(=O)NCCOCCOCCNC(=O)C(F)(F)F)c(C)cc1O. The van der Waals surface area contributed by atoms with Gasteiger partial charge in [0.25, 0.3) is 0 Å². The zero-order valence-corrected chi connectivity index (χ0v) is 16.2. The standard InChI is InChI=1S/C16H23F3N2O6S/c1-11-10-14(12(2)9-13(11)22)28(24,25)21-4-6-27-8-7-26-5-3-20-15(23)16(17,18)19/h9-10,21-22H,3-8H2,1-2H3,(H,20,23). The molecule has 0 aliphatic carbocycles. The van der Waals surface area contributed by atoms with E-state index in [2.05, 4.69) is 4.72 Å². The number of carbonyl (C=O) groups is 1. The van der Waals surface area contributed by atoms with Gasteiger partial charge < -0.3 is 19.9 Å². The number of phenols is 1. The van der Waals surface area contributed by atoms with Crippen molar-refractivity contribution in [2.24, 2.45) is 0 Å². The van der Waals surface area contributed by atoms with E-state index in [1.54, 1.807) is 19.2 Å². The molecular weight excluding hydrogens is 405 g/mol. The van der Waals surface area contributed by atoms with Crippen LogP contribution in [0.3, 0.4) is 0 Å². The predicted octanol–water partition coefficient (Wildman–Crippen LogP) is 0.999. The van der Waals surface area contributed by atoms with Crippen molar-refractivity contribution in [1.82, 2.24) is 10.0 Å². The fourth-order valence-corrected chi connectivity index (χ4v) is 3.37. The number of amides is 1. The van der Waals surface area contributed by atoms with E-state index in [-0.39, 0.29) is 50.2 Å². The van der Waals surface area contributed by atoms with Gasteiger partial charge in [0, 0.05) is 13.1 Å². The molecule has 1 amide bonds. The third kappa shape index (κ3) is 8.00. The summed E-state index contributed by atoms with van der Waals surface area (Å²) in [5, 5.41) is 11.2. The molecule has 8 nitrogen and oxygen atoms in total. The van der Waals surface area contributed by atoms with Gasteiger partial charge in [-0.25, -0.2) is 13.1 Å². The zero-order chi connectivity index (χ0) is 21.4. The van der Waals surface area contributed by atoms with E-state index < -0.39 is 22.1 Å². The van der Waals surface area contributed by atoms with Crippen molar-refractivity contribution in [3.05, 3.63) is 23.3 Å². The van der Waals surface area contributed by atoms with Crippen LogP contribution >= 0.6 is 0 Å². The number of alkyl halides is 3. The van der Waals surface area contributed by atoms with Crippen LogP contribution in [0.5, 0.6) is 5.75 Å². The minimum absolute atomic E-state index is 0.00331. The first kappa shape index (κ1) is 24.1. The quantitative estimate of drug-likeness (QED) is 0.453. The molecule has 0 aliphatic rings. The summed E-state index contributed by atoms with van der Waals surface area (Å²) in [5.41, 5.74) is 0.841. The Bertz CT molecular complexity index is 768. The van der Waals surface area contributed by atoms with Gasteiger partial charge in [-0.15, -0.1) is 0 Å². The molecule has 0 saturated carbocycles. The lowest BCUT2D eigenvalue weighted by atomic mass is 10.1. The Morgan fingerprint density at radius 3 is 2.18 bits per heavy atom. The third-order valence-electron chi connectivity index (χ3n) is 3.48. The highest BCUT2D eigenvalue weighted by Gasteiger charge is 2.38. The van der Waals surface area contributed by atoms with Crippen LogP contribution in [0.15, 0.2) is 17.0 Å². The summed E-state index contributed by atoms with van der Waals surface area (Å²) in [6.45, 7) is 3.00. The summed E-state index contributed by atoms with van der Waals surface area (Å²) < 4.78 is 72.8. The van der Waals surface area contributed by atoms with Gasteiger partial charge in [-0.3, -0.25) is 4.79 Å². The normalized spacial score (nSPS) is 12.2. The van der Waals surface area contributed by atoms with Crippen LogP contribution in [0.2, 0.25) is 0 Å². The Balaban J connectivity index is 2.19. The number of aromatic hydroxyl groups is 1. The molecular formula is C16H23F3N2O6S. The van der Waals surface area contributed by atoms with Crippen molar-refractivity contribution in [2.45, 2.75) is 24.9 Å². The lowest BCUT2D eigenvalue weighted by molar-refractivity contribution is -0.173. The number of hydrogen-bond acceptors (Lipinski definition) is 6. The molecule has 3 N–H and O–H groups in total. The van der Waals surface area contributed by atoms with Gasteiger partial charge in [0.15, 0.2) is 0 Å². The first-order chi connectivity index (χ1) is 12.9. The highest BCUT2D eigenvalue weighted by molar-refractivity contribution is 7.89. The van der Waals surface area contributed by atoms with Crippen molar-refractivity contribution >= 4 is 15.9 Å². The van der Waals surface area contributed by atoms with Crippen LogP contribution in [0, 0.1) is 13.8 Å². The van der Waals surface area contributed by atoms with Crippen LogP contribution in [-0.2, 0) is 24.3 Å². The number of ether oxygens (including phenoxy) is 2. The van der Waals surface area contributed by atoms with Gasteiger partial charge in [0.05, 0.1) is 31.3 Å². The Hall–Kier alpha value is -1.89. The third-order valence-corrected chi connectivity index (χ3v) is 5.09. The lowest BCUT2D eigenvalue weighted by Crippen LogP contribution is -2.38. The van der Waals surface area contributed by atoms with Crippen molar-refractivity contribution in [3.8, 4) is 5.75 Å². The first-order valence-corrected chi connectivity index (χ1v) is 9.74. The monoisotopic (exact) mass is 428 g/mol. The molecule has 0 radical (unpaired) electrons. The van der Waals surface area contributed by atoms with Crippen LogP contribution in [-0.4, -0.2) is 65.1 Å². The highest BCUT2D eigenvalue weighted by Crippen LogP contribution is 2.24. The Morgan fingerprint density at radius 2 is 1.61 bits per heavy atom. The Kier molecular flexibility index (Phi) is 9.14. The van der Waals surface area contributed by atoms with E-state index in [1.165, 1.54) is 12.1 Å². The van der Waals surface area contributed by atoms with E-state index in [9.17, 15) is 31.5 Å². The van der Waals surface area contributed by atoms with Crippen molar-refractivity contribution in [2.75, 3.05) is 39.5 Å². The Morgan fingerprint density at radius 1 is 1.04 bits per heavy atom. The summed E-state index contributed by atoms with van der Waals surface area (Å²) >= 11 is 0. The van der Waals surface area contributed by atoms with Gasteiger partial charge >= 0.3 is 12.1 Å². The lowest BCUT2D eigenvalue weighted by Gasteiger charge is -2.11. The van der Waals surface area contributed by atoms with E-state index in [0.717, 1.165) is 0 Å². The van der Waals surface area contributed by atoms with E-state index in [4.69, 9.17) is 9.47 Å². The van der Waals surface area contributed by atoms with Crippen molar-refractivity contribution in [3.63, 3.8) is 0 Å². The summed E-state index contributed by atoms with van der Waals surface area (Å²) in [6, 6.07) is 2.74. The maximum atomic E-state index is 12.3. The number of benzene rings is 1. The van der Waals surface area contributed by atoms with Gasteiger partial charge in [0.1, 0.15) is 5.75 Å². The van der Waals surface area contributed by atoms with Gasteiger partial charge in [-0.2, -0.15) is 13.2 Å². The zero-order valence-electron chi connectivity index (χ0n) is 15.4. The molecule has 1 aromatic carbocycles. The van der Waals surface area contributed by atoms with Gasteiger partial charge in [-0.1, -0.05) is 0 Å². The molecule has 1 aromatic rings. The minimum Gasteiger partial charge on any atom is -0.508 e. The number of aryl methyl sites for hydroxylation is 2. The fraction of sp³-hybridized carbons (Fsp3) is 0.562. The number of sulfonamides is 1. The molecule has 28 heavy (non-hydrogen) atoms. The Labute approximate surface area is 161 Å². The second-order valence-corrected chi connectivity index (χ2v) is 7.52. The number of hydrogen-bond donors (Lipinski definition) is 3. The molecule has 12 heteroatoms. The highest BCUT2D eigenvalue weighted by atomic mass is 32.2. The molecule has 0 fully saturated rings. The summed E-state index contributed by atoms with van der Waals surface area (Å²) in [6.07, 6.45) is -4.92. The number of nitrogens with one attached hydrogen (secondary N) is 2. The molecule has 0 bridgehead atoms. The molecule has 0 aliphatic heterocycles. The maximum absolute atomic E-state index is 12.3. The average Bonchev–Trinajstić information content (AvgIpc) is 2.58. The predicted molar refractivity (Wildman–Crippen MR) is 93.5 cm³/mol. The summed E-state index contributed by atoms with van der Waals surface area (Å²) in [5.74, 6) is -2.02. The van der Waals surface area contributed by atoms with Gasteiger partial charge in [0.2, 0.25) is 10.0 Å². The summed E-state index contributed by atoms with van der Waals surface area (Å²) in [4.78, 5) is 10.6. The number of halogens is 3. The fourth-order valence-electron chi connectivity index (χ4n) is 2.05. The van der Waals surface area contributed by atoms with Crippen LogP contribution < -0.4 is 10.0 Å². The van der Waals surface area contributed by atoms with Crippen LogP contribution in [0.1, 0.15) is 11.1 Å². The first-order valence-electron chi connectivity index (χ1n) is 8.25. The molecule has 0 aromatic heterocycles. The molecule has 0 spiro atoms. The van der Waals surface area contributed by atoms with E-state index in [0.29, 0.717) is 11.1 Å². The smallest absolute Gasteiger partial charge is 0.471 e. The van der Waals surface area contributed by atoms with Gasteiger partial charge in [-0.05, 0) is 37.1 Å². The van der Waals surface area contributed by atoms with E-state index >= 15 is 0 Å². The molecule has 0 atom stereocenters. The molecule has 0 saturated heterocycles. The molecule has 1 rings (SSSR count). The van der Waals surface area contributed by atoms with Crippen molar-refractivity contribution < 1.29 is 41.0 Å². The molecule has 0 unspecified atom stereocenters. The molecule has 0 heterocycles. The van der Waals surface area contributed by atoms with Crippen molar-refractivity contribution in [1.29, 1.82) is 0 Å². The van der Waals surface area contributed by atoms with E-state index in [1.807, 2.05) is 0 Å². The second-order valence-electron chi connectivity index (χ2n) is 5.78. The largest absolute Gasteiger partial charge is 0.508 e. The maximum Gasteiger partial charge on any atom is 0.471 e. The molecule has 160 valence electrons. The minimum atomic E-state index is -4.92. The topological polar surface area (TPSA) is 114 Å². The number of carbonyl (C=O) groups excluding carboxylic acids is 1. The number of rotatable bonds is 11.